The van der Waals surface area contributed by atoms with Crippen molar-refractivity contribution in [2.45, 2.75) is 24.6 Å². The van der Waals surface area contributed by atoms with Crippen molar-refractivity contribution in [1.82, 2.24) is 19.7 Å². The van der Waals surface area contributed by atoms with Gasteiger partial charge in [0.2, 0.25) is 0 Å². The topological polar surface area (TPSA) is 63.8 Å². The van der Waals surface area contributed by atoms with Crippen LogP contribution in [0.2, 0.25) is 0 Å². The van der Waals surface area contributed by atoms with E-state index in [2.05, 4.69) is 15.1 Å². The van der Waals surface area contributed by atoms with Crippen molar-refractivity contribution >= 4 is 32.6 Å². The summed E-state index contributed by atoms with van der Waals surface area (Å²) >= 11 is 0.898. The molecule has 5 rings (SSSR count). The highest BCUT2D eigenvalue weighted by atomic mass is 32.1. The van der Waals surface area contributed by atoms with Crippen molar-refractivity contribution in [3.05, 3.63) is 41.5 Å². The normalized spacial score (nSPS) is 17.3. The SMILES string of the molecule is Cn1cc2cc(-c3ccc4cc(C(O)(C5CC5)C(F)(F)F)sc4n3)cnc2n1. The fourth-order valence-electron chi connectivity index (χ4n) is 3.51. The summed E-state index contributed by atoms with van der Waals surface area (Å²) in [6, 6.07) is 6.79. The minimum Gasteiger partial charge on any atom is -0.375 e. The number of fused-ring (bicyclic) bond motifs is 2. The van der Waals surface area contributed by atoms with E-state index in [1.54, 1.807) is 30.1 Å². The molecule has 1 aliphatic carbocycles. The molecule has 0 saturated heterocycles. The highest BCUT2D eigenvalue weighted by molar-refractivity contribution is 7.18. The molecular weight excluding hydrogens is 389 g/mol. The molecule has 0 bridgehead atoms. The maximum atomic E-state index is 13.6. The Labute approximate surface area is 161 Å². The Morgan fingerprint density at radius 2 is 1.96 bits per heavy atom. The molecule has 144 valence electrons. The second-order valence-electron chi connectivity index (χ2n) is 7.18. The van der Waals surface area contributed by atoms with E-state index in [-0.39, 0.29) is 4.88 Å². The first kappa shape index (κ1) is 17.6. The Balaban J connectivity index is 1.59. The first-order chi connectivity index (χ1) is 13.3. The van der Waals surface area contributed by atoms with E-state index in [0.717, 1.165) is 22.3 Å². The Morgan fingerprint density at radius 3 is 2.68 bits per heavy atom. The summed E-state index contributed by atoms with van der Waals surface area (Å²) in [6.45, 7) is 0. The average Bonchev–Trinajstić information content (AvgIpc) is 3.29. The van der Waals surface area contributed by atoms with Gasteiger partial charge in [-0.3, -0.25) is 4.68 Å². The summed E-state index contributed by atoms with van der Waals surface area (Å²) in [5, 5.41) is 16.2. The van der Waals surface area contributed by atoms with Crippen molar-refractivity contribution in [3.8, 4) is 11.3 Å². The lowest BCUT2D eigenvalue weighted by atomic mass is 9.94. The van der Waals surface area contributed by atoms with E-state index >= 15 is 0 Å². The number of aryl methyl sites for hydroxylation is 1. The third kappa shape index (κ3) is 2.61. The van der Waals surface area contributed by atoms with Gasteiger partial charge in [-0.1, -0.05) is 0 Å². The molecule has 1 fully saturated rings. The van der Waals surface area contributed by atoms with Crippen LogP contribution in [0.4, 0.5) is 13.2 Å². The van der Waals surface area contributed by atoms with E-state index in [1.807, 2.05) is 12.3 Å². The second kappa shape index (κ2) is 5.74. The quantitative estimate of drug-likeness (QED) is 0.550. The fourth-order valence-corrected chi connectivity index (χ4v) is 4.73. The predicted octanol–water partition coefficient (Wildman–Crippen LogP) is 4.40. The summed E-state index contributed by atoms with van der Waals surface area (Å²) in [5.41, 5.74) is -0.813. The molecule has 1 N–H and O–H groups in total. The zero-order valence-corrected chi connectivity index (χ0v) is 15.6. The molecule has 1 unspecified atom stereocenters. The number of aromatic nitrogens is 4. The van der Waals surface area contributed by atoms with Gasteiger partial charge in [0.15, 0.2) is 11.2 Å². The number of aliphatic hydroxyl groups is 1. The zero-order valence-electron chi connectivity index (χ0n) is 14.7. The molecule has 4 aromatic rings. The van der Waals surface area contributed by atoms with E-state index in [9.17, 15) is 18.3 Å². The lowest BCUT2D eigenvalue weighted by Gasteiger charge is -2.29. The molecule has 9 heteroatoms. The van der Waals surface area contributed by atoms with Crippen LogP contribution < -0.4 is 0 Å². The van der Waals surface area contributed by atoms with Gasteiger partial charge in [-0.05, 0) is 37.1 Å². The molecule has 28 heavy (non-hydrogen) atoms. The third-order valence-corrected chi connectivity index (χ3v) is 6.30. The smallest absolute Gasteiger partial charge is 0.375 e. The third-order valence-electron chi connectivity index (χ3n) is 5.13. The minimum atomic E-state index is -4.72. The maximum Gasteiger partial charge on any atom is 0.422 e. The largest absolute Gasteiger partial charge is 0.422 e. The molecular formula is C19H15F3N4OS. The molecule has 0 aliphatic heterocycles. The highest BCUT2D eigenvalue weighted by Crippen LogP contribution is 2.56. The van der Waals surface area contributed by atoms with E-state index in [1.165, 1.54) is 6.07 Å². The van der Waals surface area contributed by atoms with Crippen LogP contribution in [0.1, 0.15) is 17.7 Å². The number of hydrogen-bond acceptors (Lipinski definition) is 5. The molecule has 0 aromatic carbocycles. The molecule has 0 amide bonds. The minimum absolute atomic E-state index is 0.0945. The van der Waals surface area contributed by atoms with Crippen LogP contribution in [-0.2, 0) is 12.6 Å². The highest BCUT2D eigenvalue weighted by Gasteiger charge is 2.63. The molecule has 4 heterocycles. The predicted molar refractivity (Wildman–Crippen MR) is 99.8 cm³/mol. The molecule has 5 nitrogen and oxygen atoms in total. The van der Waals surface area contributed by atoms with Gasteiger partial charge in [0.1, 0.15) is 4.83 Å². The van der Waals surface area contributed by atoms with Crippen LogP contribution >= 0.6 is 11.3 Å². The first-order valence-corrected chi connectivity index (χ1v) is 9.57. The van der Waals surface area contributed by atoms with Crippen molar-refractivity contribution in [2.24, 2.45) is 13.0 Å². The van der Waals surface area contributed by atoms with Crippen molar-refractivity contribution in [3.63, 3.8) is 0 Å². The van der Waals surface area contributed by atoms with E-state index in [4.69, 9.17) is 0 Å². The second-order valence-corrected chi connectivity index (χ2v) is 8.21. The van der Waals surface area contributed by atoms with Gasteiger partial charge in [0, 0.05) is 46.6 Å². The Bertz CT molecular complexity index is 1210. The monoisotopic (exact) mass is 404 g/mol. The summed E-state index contributed by atoms with van der Waals surface area (Å²) < 4.78 is 42.5. The standard InChI is InChI=1S/C19H15F3N4OS/c1-26-9-12-6-11(8-23-16(12)25-26)14-5-2-10-7-15(28-17(10)24-14)18(27,13-3-4-13)19(20,21)22/h2,5-9,13,27H,3-4H2,1H3. The van der Waals surface area contributed by atoms with Gasteiger partial charge < -0.3 is 5.11 Å². The van der Waals surface area contributed by atoms with Crippen LogP contribution in [0.3, 0.4) is 0 Å². The van der Waals surface area contributed by atoms with Crippen molar-refractivity contribution < 1.29 is 18.3 Å². The number of rotatable bonds is 3. The fraction of sp³-hybridized carbons (Fsp3) is 0.316. The van der Waals surface area contributed by atoms with Crippen LogP contribution in [-0.4, -0.2) is 31.0 Å². The van der Waals surface area contributed by atoms with E-state index < -0.39 is 17.7 Å². The molecule has 0 radical (unpaired) electrons. The van der Waals surface area contributed by atoms with Crippen molar-refractivity contribution in [1.29, 1.82) is 0 Å². The number of alkyl halides is 3. The van der Waals surface area contributed by atoms with Gasteiger partial charge in [-0.25, -0.2) is 9.97 Å². The summed E-state index contributed by atoms with van der Waals surface area (Å²) in [5.74, 6) is -0.780. The van der Waals surface area contributed by atoms with Gasteiger partial charge in [0.25, 0.3) is 0 Å². The number of hydrogen-bond donors (Lipinski definition) is 1. The summed E-state index contributed by atoms with van der Waals surface area (Å²) in [7, 11) is 1.81. The Morgan fingerprint density at radius 1 is 1.18 bits per heavy atom. The number of pyridine rings is 2. The lowest BCUT2D eigenvalue weighted by Crippen LogP contribution is -2.43. The Hall–Kier alpha value is -2.52. The molecule has 0 spiro atoms. The van der Waals surface area contributed by atoms with Crippen LogP contribution in [0.25, 0.3) is 32.5 Å². The van der Waals surface area contributed by atoms with Gasteiger partial charge >= 0.3 is 6.18 Å². The van der Waals surface area contributed by atoms with Crippen LogP contribution in [0, 0.1) is 5.92 Å². The van der Waals surface area contributed by atoms with Crippen LogP contribution in [0.5, 0.6) is 0 Å². The molecule has 1 aliphatic rings. The summed E-state index contributed by atoms with van der Waals surface area (Å²) in [4.78, 5) is 9.20. The molecule has 4 aromatic heterocycles. The zero-order chi connectivity index (χ0) is 19.7. The average molecular weight is 404 g/mol. The van der Waals surface area contributed by atoms with Gasteiger partial charge in [0.05, 0.1) is 5.69 Å². The molecule has 1 atom stereocenters. The maximum absolute atomic E-state index is 13.6. The summed E-state index contributed by atoms with van der Waals surface area (Å²) in [6.07, 6.45) is -0.479. The number of nitrogens with zero attached hydrogens (tertiary/aromatic N) is 4. The van der Waals surface area contributed by atoms with E-state index in [0.29, 0.717) is 34.4 Å². The molecule has 1 saturated carbocycles. The van der Waals surface area contributed by atoms with Gasteiger partial charge in [-0.2, -0.15) is 18.3 Å². The van der Waals surface area contributed by atoms with Crippen LogP contribution in [0.15, 0.2) is 36.7 Å². The van der Waals surface area contributed by atoms with Crippen molar-refractivity contribution in [2.75, 3.05) is 0 Å². The number of halogens is 3. The Kier molecular flexibility index (Phi) is 3.60. The number of thiophene rings is 1. The lowest BCUT2D eigenvalue weighted by molar-refractivity contribution is -0.274. The first-order valence-electron chi connectivity index (χ1n) is 8.75. The van der Waals surface area contributed by atoms with Gasteiger partial charge in [-0.15, -0.1) is 11.3 Å².